The van der Waals surface area contributed by atoms with E-state index in [4.69, 9.17) is 23.2 Å². The first-order valence-electron chi connectivity index (χ1n) is 9.52. The van der Waals surface area contributed by atoms with Crippen molar-refractivity contribution in [2.24, 2.45) is 0 Å². The molecule has 0 aliphatic rings. The Hall–Kier alpha value is -2.89. The summed E-state index contributed by atoms with van der Waals surface area (Å²) in [7, 11) is -2.60. The average Bonchev–Trinajstić information content (AvgIpc) is 2.75. The lowest BCUT2D eigenvalue weighted by molar-refractivity contribution is -0.384. The Balaban J connectivity index is 2.45. The maximum atomic E-state index is 13.3. The van der Waals surface area contributed by atoms with Crippen molar-refractivity contribution in [1.29, 1.82) is 0 Å². The van der Waals surface area contributed by atoms with Crippen LogP contribution < -0.4 is 9.62 Å². The van der Waals surface area contributed by atoms with E-state index in [1.807, 2.05) is 0 Å². The van der Waals surface area contributed by atoms with Crippen LogP contribution in [0.3, 0.4) is 0 Å². The highest BCUT2D eigenvalue weighted by Crippen LogP contribution is 2.25. The fraction of sp³-hybridized carbons (Fsp3) is 0.300. The molecule has 0 fully saturated rings. The van der Waals surface area contributed by atoms with E-state index in [0.717, 1.165) is 16.6 Å². The molecular weight excluding hydrogens is 495 g/mol. The highest BCUT2D eigenvalue weighted by molar-refractivity contribution is 7.92. The summed E-state index contributed by atoms with van der Waals surface area (Å²) in [4.78, 5) is 37.2. The number of benzene rings is 2. The van der Waals surface area contributed by atoms with Gasteiger partial charge in [0.05, 0.1) is 16.9 Å². The van der Waals surface area contributed by atoms with Crippen molar-refractivity contribution in [3.05, 3.63) is 68.2 Å². The second kappa shape index (κ2) is 10.8. The SMILES string of the molecule is CNC(=O)[C@H](C)N(Cc1ccc(Cl)cc1Cl)C(=O)CN(c1cccc([N+](=O)[O-])c1)S(C)(=O)=O. The van der Waals surface area contributed by atoms with Gasteiger partial charge in [-0.25, -0.2) is 8.42 Å². The van der Waals surface area contributed by atoms with E-state index in [1.54, 1.807) is 12.1 Å². The van der Waals surface area contributed by atoms with Crippen LogP contribution in [0.5, 0.6) is 0 Å². The van der Waals surface area contributed by atoms with Gasteiger partial charge >= 0.3 is 0 Å². The molecule has 1 N–H and O–H groups in total. The number of carbonyl (C=O) groups excluding carboxylic acids is 2. The second-order valence-electron chi connectivity index (χ2n) is 7.09. The third-order valence-corrected chi connectivity index (χ3v) is 6.50. The Morgan fingerprint density at radius 3 is 2.39 bits per heavy atom. The number of rotatable bonds is 9. The number of non-ortho nitro benzene ring substituents is 1. The van der Waals surface area contributed by atoms with Gasteiger partial charge in [-0.1, -0.05) is 35.3 Å². The van der Waals surface area contributed by atoms with Gasteiger partial charge in [-0.05, 0) is 30.7 Å². The van der Waals surface area contributed by atoms with Crippen molar-refractivity contribution in [2.75, 3.05) is 24.2 Å². The van der Waals surface area contributed by atoms with Gasteiger partial charge in [0.15, 0.2) is 0 Å². The first-order chi connectivity index (χ1) is 15.3. The minimum absolute atomic E-state index is 0.0582. The minimum Gasteiger partial charge on any atom is -0.357 e. The van der Waals surface area contributed by atoms with E-state index in [1.165, 1.54) is 43.1 Å². The summed E-state index contributed by atoms with van der Waals surface area (Å²) < 4.78 is 25.6. The number of likely N-dealkylation sites (N-methyl/N-ethyl adjacent to an activating group) is 1. The third kappa shape index (κ3) is 6.80. The lowest BCUT2D eigenvalue weighted by atomic mass is 10.1. The molecule has 0 bridgehead atoms. The van der Waals surface area contributed by atoms with Crippen molar-refractivity contribution in [3.63, 3.8) is 0 Å². The van der Waals surface area contributed by atoms with Crippen LogP contribution in [0.25, 0.3) is 0 Å². The summed E-state index contributed by atoms with van der Waals surface area (Å²) in [6, 6.07) is 8.58. The predicted octanol–water partition coefficient (Wildman–Crippen LogP) is 2.83. The summed E-state index contributed by atoms with van der Waals surface area (Å²) >= 11 is 12.1. The van der Waals surface area contributed by atoms with E-state index in [9.17, 15) is 28.1 Å². The van der Waals surface area contributed by atoms with Crippen LogP contribution in [0.1, 0.15) is 12.5 Å². The molecule has 2 aromatic rings. The predicted molar refractivity (Wildman–Crippen MR) is 126 cm³/mol. The Labute approximate surface area is 201 Å². The number of carbonyl (C=O) groups is 2. The molecule has 2 amide bonds. The number of amides is 2. The van der Waals surface area contributed by atoms with Crippen LogP contribution in [0, 0.1) is 10.1 Å². The molecule has 0 heterocycles. The molecule has 2 rings (SSSR count). The molecule has 0 radical (unpaired) electrons. The van der Waals surface area contributed by atoms with E-state index in [0.29, 0.717) is 10.6 Å². The molecule has 33 heavy (non-hydrogen) atoms. The van der Waals surface area contributed by atoms with Gasteiger partial charge in [0, 0.05) is 35.8 Å². The second-order valence-corrected chi connectivity index (χ2v) is 9.84. The van der Waals surface area contributed by atoms with Crippen molar-refractivity contribution >= 4 is 56.4 Å². The summed E-state index contributed by atoms with van der Waals surface area (Å²) in [6.07, 6.45) is 0.877. The van der Waals surface area contributed by atoms with Crippen LogP contribution in [-0.2, 0) is 26.2 Å². The number of nitro groups is 1. The largest absolute Gasteiger partial charge is 0.357 e. The van der Waals surface area contributed by atoms with E-state index in [-0.39, 0.29) is 22.9 Å². The summed E-state index contributed by atoms with van der Waals surface area (Å²) in [5, 5.41) is 14.2. The van der Waals surface area contributed by atoms with E-state index in [2.05, 4.69) is 5.32 Å². The standard InChI is InChI=1S/C20H22Cl2N4O6S/c1-13(20(28)23-2)24(11-14-7-8-15(21)9-18(14)22)19(27)12-25(33(3,31)32)16-5-4-6-17(10-16)26(29)30/h4-10,13H,11-12H2,1-3H3,(H,23,28)/t13-/m0/s1. The maximum Gasteiger partial charge on any atom is 0.271 e. The lowest BCUT2D eigenvalue weighted by Gasteiger charge is -2.31. The number of nitro benzene ring substituents is 1. The number of halogens is 2. The van der Waals surface area contributed by atoms with E-state index >= 15 is 0 Å². The van der Waals surface area contributed by atoms with Crippen molar-refractivity contribution < 1.29 is 22.9 Å². The molecule has 1 atom stereocenters. The number of nitrogens with zero attached hydrogens (tertiary/aromatic N) is 3. The van der Waals surface area contributed by atoms with E-state index < -0.39 is 39.3 Å². The quantitative estimate of drug-likeness (QED) is 0.402. The zero-order valence-corrected chi connectivity index (χ0v) is 20.3. The third-order valence-electron chi connectivity index (χ3n) is 4.78. The fourth-order valence-electron chi connectivity index (χ4n) is 3.00. The first kappa shape index (κ1) is 26.4. The molecule has 0 unspecified atom stereocenters. The van der Waals surface area contributed by atoms with Crippen LogP contribution in [0.15, 0.2) is 42.5 Å². The van der Waals surface area contributed by atoms with Gasteiger partial charge in [0.25, 0.3) is 5.69 Å². The van der Waals surface area contributed by atoms with Crippen LogP contribution >= 0.6 is 23.2 Å². The summed E-state index contributed by atoms with van der Waals surface area (Å²) in [5.41, 5.74) is 0.0978. The first-order valence-corrected chi connectivity index (χ1v) is 12.1. The molecule has 10 nitrogen and oxygen atoms in total. The zero-order valence-electron chi connectivity index (χ0n) is 18.0. The van der Waals surface area contributed by atoms with Crippen molar-refractivity contribution in [1.82, 2.24) is 10.2 Å². The van der Waals surface area contributed by atoms with Crippen LogP contribution in [-0.4, -0.2) is 55.9 Å². The van der Waals surface area contributed by atoms with Crippen molar-refractivity contribution in [3.8, 4) is 0 Å². The molecule has 0 aromatic heterocycles. The maximum absolute atomic E-state index is 13.3. The molecule has 0 aliphatic heterocycles. The summed E-state index contributed by atoms with van der Waals surface area (Å²) in [6.45, 7) is 0.696. The van der Waals surface area contributed by atoms with Crippen molar-refractivity contribution in [2.45, 2.75) is 19.5 Å². The van der Waals surface area contributed by atoms with Gasteiger partial charge in [0.1, 0.15) is 12.6 Å². The smallest absolute Gasteiger partial charge is 0.271 e. The molecule has 13 heteroatoms. The van der Waals surface area contributed by atoms with Gasteiger partial charge < -0.3 is 10.2 Å². The Morgan fingerprint density at radius 2 is 1.85 bits per heavy atom. The number of anilines is 1. The molecule has 2 aromatic carbocycles. The molecule has 178 valence electrons. The highest BCUT2D eigenvalue weighted by atomic mass is 35.5. The Morgan fingerprint density at radius 1 is 1.18 bits per heavy atom. The Bertz CT molecular complexity index is 1170. The average molecular weight is 517 g/mol. The van der Waals surface area contributed by atoms with Gasteiger partial charge in [-0.15, -0.1) is 0 Å². The van der Waals surface area contributed by atoms with Gasteiger partial charge in [-0.3, -0.25) is 24.0 Å². The normalized spacial score (nSPS) is 12.0. The minimum atomic E-state index is -4.01. The van der Waals surface area contributed by atoms with Gasteiger partial charge in [-0.2, -0.15) is 0 Å². The molecule has 0 spiro atoms. The zero-order chi connectivity index (χ0) is 24.9. The molecule has 0 saturated carbocycles. The fourth-order valence-corrected chi connectivity index (χ4v) is 4.31. The highest BCUT2D eigenvalue weighted by Gasteiger charge is 2.30. The molecule has 0 saturated heterocycles. The molecular formula is C20H22Cl2N4O6S. The number of sulfonamides is 1. The van der Waals surface area contributed by atoms with Crippen LogP contribution in [0.2, 0.25) is 10.0 Å². The molecule has 0 aliphatic carbocycles. The lowest BCUT2D eigenvalue weighted by Crippen LogP contribution is -2.50. The topological polar surface area (TPSA) is 130 Å². The van der Waals surface area contributed by atoms with Gasteiger partial charge in [0.2, 0.25) is 21.8 Å². The number of nitrogens with one attached hydrogen (secondary N) is 1. The number of hydrogen-bond donors (Lipinski definition) is 1. The Kier molecular flexibility index (Phi) is 8.64. The monoisotopic (exact) mass is 516 g/mol. The summed E-state index contributed by atoms with van der Waals surface area (Å²) in [5.74, 6) is -1.19. The number of hydrogen-bond acceptors (Lipinski definition) is 6. The van der Waals surface area contributed by atoms with Crippen LogP contribution in [0.4, 0.5) is 11.4 Å².